The number of likely N-dealkylation sites (tertiary alicyclic amines) is 1. The van der Waals surface area contributed by atoms with E-state index in [1.54, 1.807) is 18.3 Å². The fourth-order valence-corrected chi connectivity index (χ4v) is 4.45. The number of rotatable bonds is 7. The van der Waals surface area contributed by atoms with Crippen LogP contribution in [0.1, 0.15) is 11.1 Å². The van der Waals surface area contributed by atoms with Gasteiger partial charge in [-0.3, -0.25) is 14.6 Å². The van der Waals surface area contributed by atoms with Crippen molar-refractivity contribution in [3.8, 4) is 5.75 Å². The highest BCUT2D eigenvalue weighted by Crippen LogP contribution is 2.23. The van der Waals surface area contributed by atoms with Gasteiger partial charge < -0.3 is 4.74 Å². The van der Waals surface area contributed by atoms with Gasteiger partial charge in [0.05, 0.1) is 19.0 Å². The molecule has 2 saturated heterocycles. The molecule has 0 unspecified atom stereocenters. The molecule has 2 aromatic rings. The summed E-state index contributed by atoms with van der Waals surface area (Å²) in [6.07, 6.45) is 2.76. The summed E-state index contributed by atoms with van der Waals surface area (Å²) in [4.78, 5) is 20.4. The molecular formula is C21H25FN4O4S. The smallest absolute Gasteiger partial charge is 0.243 e. The Morgan fingerprint density at radius 2 is 1.81 bits per heavy atom. The second kappa shape index (κ2) is 8.89. The third kappa shape index (κ3) is 5.20. The maximum atomic E-state index is 12.6. The lowest BCUT2D eigenvalue weighted by molar-refractivity contribution is -0.120. The minimum absolute atomic E-state index is 0.0673. The standard InChI is InChI=1S/C21H25FN4O4S/c1-31(28,29)25-8-9-26(21(27)15-25)20-7-6-18(11-23-20)30-19-13-24(14-19)12-17-4-2-16(10-22)3-5-17/h2-7,11,19H,8-10,12-15H2,1H3. The van der Waals surface area contributed by atoms with Gasteiger partial charge in [-0.15, -0.1) is 0 Å². The van der Waals surface area contributed by atoms with Crippen LogP contribution in [0.5, 0.6) is 5.75 Å². The number of hydrogen-bond acceptors (Lipinski definition) is 6. The Hall–Kier alpha value is -2.56. The molecule has 4 rings (SSSR count). The zero-order chi connectivity index (χ0) is 22.0. The van der Waals surface area contributed by atoms with E-state index < -0.39 is 16.7 Å². The molecule has 166 valence electrons. The first-order chi connectivity index (χ1) is 14.8. The van der Waals surface area contributed by atoms with Crippen LogP contribution in [0.4, 0.5) is 10.2 Å². The van der Waals surface area contributed by atoms with Crippen molar-refractivity contribution in [2.75, 3.05) is 43.9 Å². The molecule has 10 heteroatoms. The predicted molar refractivity (Wildman–Crippen MR) is 114 cm³/mol. The number of carbonyl (C=O) groups excluding carboxylic acids is 1. The van der Waals surface area contributed by atoms with Crippen molar-refractivity contribution in [2.24, 2.45) is 0 Å². The predicted octanol–water partition coefficient (Wildman–Crippen LogP) is 1.42. The molecule has 31 heavy (non-hydrogen) atoms. The average Bonchev–Trinajstić information content (AvgIpc) is 2.72. The molecule has 0 atom stereocenters. The van der Waals surface area contributed by atoms with Crippen LogP contribution >= 0.6 is 0 Å². The first kappa shape index (κ1) is 21.7. The molecule has 1 aromatic heterocycles. The van der Waals surface area contributed by atoms with Gasteiger partial charge in [0.2, 0.25) is 15.9 Å². The van der Waals surface area contributed by atoms with Crippen molar-refractivity contribution in [3.05, 3.63) is 53.7 Å². The van der Waals surface area contributed by atoms with Crippen molar-refractivity contribution in [3.63, 3.8) is 0 Å². The van der Waals surface area contributed by atoms with Gasteiger partial charge in [0, 0.05) is 32.7 Å². The zero-order valence-electron chi connectivity index (χ0n) is 17.3. The van der Waals surface area contributed by atoms with Crippen LogP contribution in [0.25, 0.3) is 0 Å². The zero-order valence-corrected chi connectivity index (χ0v) is 18.1. The molecule has 2 aliphatic rings. The second-order valence-corrected chi connectivity index (χ2v) is 9.86. The SMILES string of the molecule is CS(=O)(=O)N1CCN(c2ccc(OC3CN(Cc4ccc(CF)cc4)C3)cn2)C(=O)C1. The summed E-state index contributed by atoms with van der Waals surface area (Å²) in [6.45, 7) is 2.27. The van der Waals surface area contributed by atoms with Crippen LogP contribution in [0.15, 0.2) is 42.6 Å². The van der Waals surface area contributed by atoms with E-state index in [4.69, 9.17) is 4.74 Å². The lowest BCUT2D eigenvalue weighted by Gasteiger charge is -2.39. The molecule has 0 aliphatic carbocycles. The molecule has 2 aliphatic heterocycles. The Balaban J connectivity index is 1.25. The Kier molecular flexibility index (Phi) is 6.22. The van der Waals surface area contributed by atoms with Crippen molar-refractivity contribution in [1.82, 2.24) is 14.2 Å². The van der Waals surface area contributed by atoms with E-state index in [2.05, 4.69) is 9.88 Å². The summed E-state index contributed by atoms with van der Waals surface area (Å²) in [7, 11) is -3.38. The summed E-state index contributed by atoms with van der Waals surface area (Å²) in [5, 5.41) is 0. The number of sulfonamides is 1. The third-order valence-corrected chi connectivity index (χ3v) is 6.71. The number of carbonyl (C=O) groups is 1. The van der Waals surface area contributed by atoms with Crippen LogP contribution in [0.2, 0.25) is 0 Å². The number of benzene rings is 1. The van der Waals surface area contributed by atoms with Gasteiger partial charge in [-0.2, -0.15) is 4.31 Å². The fourth-order valence-electron chi connectivity index (χ4n) is 3.69. The van der Waals surface area contributed by atoms with Gasteiger partial charge in [-0.1, -0.05) is 24.3 Å². The van der Waals surface area contributed by atoms with Gasteiger partial charge in [-0.05, 0) is 23.3 Å². The number of alkyl halides is 1. The highest BCUT2D eigenvalue weighted by atomic mass is 32.2. The molecule has 1 aromatic carbocycles. The van der Waals surface area contributed by atoms with Crippen LogP contribution < -0.4 is 9.64 Å². The number of hydrogen-bond donors (Lipinski definition) is 0. The number of ether oxygens (including phenoxy) is 1. The number of halogens is 1. The van der Waals surface area contributed by atoms with Crippen molar-refractivity contribution in [2.45, 2.75) is 19.3 Å². The van der Waals surface area contributed by atoms with Gasteiger partial charge in [0.25, 0.3) is 0 Å². The number of pyridine rings is 1. The molecular weight excluding hydrogens is 423 g/mol. The number of amides is 1. The monoisotopic (exact) mass is 448 g/mol. The summed E-state index contributed by atoms with van der Waals surface area (Å²) < 4.78 is 42.9. The molecule has 1 amide bonds. The Morgan fingerprint density at radius 1 is 1.10 bits per heavy atom. The van der Waals surface area contributed by atoms with Crippen LogP contribution in [-0.2, 0) is 28.0 Å². The lowest BCUT2D eigenvalue weighted by Crippen LogP contribution is -2.53. The first-order valence-electron chi connectivity index (χ1n) is 10.1. The van der Waals surface area contributed by atoms with Crippen molar-refractivity contribution < 1.29 is 22.3 Å². The van der Waals surface area contributed by atoms with E-state index in [0.29, 0.717) is 17.1 Å². The molecule has 2 fully saturated rings. The van der Waals surface area contributed by atoms with Gasteiger partial charge in [0.1, 0.15) is 24.3 Å². The Labute approximate surface area is 181 Å². The first-order valence-corrected chi connectivity index (χ1v) is 11.9. The molecule has 0 N–H and O–H groups in total. The van der Waals surface area contributed by atoms with E-state index in [1.807, 2.05) is 24.3 Å². The summed E-state index contributed by atoms with van der Waals surface area (Å²) in [6, 6.07) is 11.0. The third-order valence-electron chi connectivity index (χ3n) is 5.46. The summed E-state index contributed by atoms with van der Waals surface area (Å²) >= 11 is 0. The highest BCUT2D eigenvalue weighted by Gasteiger charge is 2.31. The maximum absolute atomic E-state index is 12.6. The minimum Gasteiger partial charge on any atom is -0.486 e. The number of nitrogens with zero attached hydrogens (tertiary/aromatic N) is 4. The molecule has 0 spiro atoms. The van der Waals surface area contributed by atoms with Gasteiger partial charge in [-0.25, -0.2) is 17.8 Å². The molecule has 3 heterocycles. The quantitative estimate of drug-likeness (QED) is 0.637. The Morgan fingerprint density at radius 3 is 2.39 bits per heavy atom. The van der Waals surface area contributed by atoms with Crippen LogP contribution in [-0.4, -0.2) is 73.6 Å². The van der Waals surface area contributed by atoms with Gasteiger partial charge >= 0.3 is 0 Å². The number of aromatic nitrogens is 1. The minimum atomic E-state index is -3.38. The van der Waals surface area contributed by atoms with E-state index >= 15 is 0 Å². The van der Waals surface area contributed by atoms with Gasteiger partial charge in [0.15, 0.2) is 0 Å². The van der Waals surface area contributed by atoms with Crippen molar-refractivity contribution in [1.29, 1.82) is 0 Å². The topological polar surface area (TPSA) is 83.1 Å². The fraction of sp³-hybridized carbons (Fsp3) is 0.429. The average molecular weight is 449 g/mol. The summed E-state index contributed by atoms with van der Waals surface area (Å²) in [5.74, 6) is 0.812. The molecule has 0 bridgehead atoms. The van der Waals surface area contributed by atoms with E-state index in [9.17, 15) is 17.6 Å². The van der Waals surface area contributed by atoms with E-state index in [-0.39, 0.29) is 31.6 Å². The second-order valence-electron chi connectivity index (χ2n) is 7.88. The molecule has 8 nitrogen and oxygen atoms in total. The maximum Gasteiger partial charge on any atom is 0.243 e. The lowest BCUT2D eigenvalue weighted by atomic mass is 10.1. The number of anilines is 1. The highest BCUT2D eigenvalue weighted by molar-refractivity contribution is 7.88. The van der Waals surface area contributed by atoms with Crippen LogP contribution in [0.3, 0.4) is 0 Å². The van der Waals surface area contributed by atoms with E-state index in [0.717, 1.165) is 31.5 Å². The molecule has 0 radical (unpaired) electrons. The number of piperazine rings is 1. The van der Waals surface area contributed by atoms with Crippen LogP contribution in [0, 0.1) is 0 Å². The normalized spacial score (nSPS) is 18.8. The van der Waals surface area contributed by atoms with E-state index in [1.165, 1.54) is 9.21 Å². The molecule has 0 saturated carbocycles. The summed E-state index contributed by atoms with van der Waals surface area (Å²) in [5.41, 5.74) is 1.82. The Bertz CT molecular complexity index is 1020. The van der Waals surface area contributed by atoms with Crippen molar-refractivity contribution >= 4 is 21.7 Å². The largest absolute Gasteiger partial charge is 0.486 e.